The third-order valence-electron chi connectivity index (χ3n) is 10.0. The van der Waals surface area contributed by atoms with Crippen LogP contribution >= 0.6 is 16.4 Å². The van der Waals surface area contributed by atoms with Crippen LogP contribution in [-0.4, -0.2) is 0 Å². The van der Waals surface area contributed by atoms with E-state index in [9.17, 15) is 0 Å². The van der Waals surface area contributed by atoms with Crippen LogP contribution in [0.3, 0.4) is 0 Å². The highest BCUT2D eigenvalue weighted by Gasteiger charge is 2.09. The lowest BCUT2D eigenvalue weighted by Crippen LogP contribution is -1.82. The average Bonchev–Trinajstić information content (AvgIpc) is 3.36. The third kappa shape index (κ3) is 10.8. The van der Waals surface area contributed by atoms with Crippen molar-refractivity contribution in [3.63, 3.8) is 0 Å². The van der Waals surface area contributed by atoms with E-state index in [4.69, 9.17) is 0 Å². The first-order chi connectivity index (χ1) is 29.8. The maximum Gasteiger partial charge on any atom is 0.0102 e. The summed E-state index contributed by atoms with van der Waals surface area (Å²) in [6, 6.07) is 93.9. The van der Waals surface area contributed by atoms with Gasteiger partial charge in [-0.2, -0.15) is 0 Å². The van der Waals surface area contributed by atoms with Crippen LogP contribution < -0.4 is 0 Å². The van der Waals surface area contributed by atoms with Crippen molar-refractivity contribution in [3.05, 3.63) is 267 Å². The van der Waals surface area contributed by atoms with Crippen LogP contribution in [0.1, 0.15) is 0 Å². The van der Waals surface area contributed by atoms with E-state index in [1.807, 2.05) is 12.1 Å². The lowest BCUT2D eigenvalue weighted by molar-refractivity contribution is 1.62. The van der Waals surface area contributed by atoms with Gasteiger partial charge in [0.2, 0.25) is 0 Å². The Morgan fingerprint density at radius 1 is 0.150 bits per heavy atom. The highest BCUT2D eigenvalue weighted by atomic mass is 31.0. The topological polar surface area (TPSA) is 0 Å². The minimum atomic E-state index is 1.25. The fourth-order valence-electron chi connectivity index (χ4n) is 6.94. The second-order valence-electron chi connectivity index (χ2n) is 14.2. The summed E-state index contributed by atoms with van der Waals surface area (Å²) in [4.78, 5) is 0. The van der Waals surface area contributed by atoms with Gasteiger partial charge in [0.25, 0.3) is 0 Å². The number of rotatable bonds is 7. The van der Waals surface area contributed by atoms with Crippen molar-refractivity contribution < 1.29 is 0 Å². The van der Waals surface area contributed by atoms with Crippen LogP contribution in [0.25, 0.3) is 76.8 Å². The quantitative estimate of drug-likeness (QED) is 0.151. The molecule has 10 aromatic rings. The molecule has 0 aliphatic rings. The van der Waals surface area contributed by atoms with Crippen LogP contribution in [-0.2, 0) is 0 Å². The van der Waals surface area contributed by atoms with E-state index in [0.717, 1.165) is 0 Å². The Morgan fingerprint density at radius 2 is 0.300 bits per heavy atom. The maximum atomic E-state index is 2.32. The molecule has 0 N–H and O–H groups in total. The van der Waals surface area contributed by atoms with Gasteiger partial charge in [-0.1, -0.05) is 259 Å². The van der Waals surface area contributed by atoms with Gasteiger partial charge in [0.05, 0.1) is 0 Å². The highest BCUT2D eigenvalue weighted by molar-refractivity contribution is 7.38. The number of hydrogen-bond acceptors (Lipinski definition) is 0. The molecule has 0 amide bonds. The lowest BCUT2D eigenvalue weighted by atomic mass is 10.0. The molecule has 286 valence electrons. The minimum absolute atomic E-state index is 1.25. The molecular weight excluding hydrogens is 759 g/mol. The first-order valence-electron chi connectivity index (χ1n) is 20.2. The first-order valence-corrected chi connectivity index (χ1v) is 22.0. The molecule has 2 heterocycles. The van der Waals surface area contributed by atoms with Crippen molar-refractivity contribution in [2.24, 2.45) is 0 Å². The molecule has 8 aromatic carbocycles. The van der Waals surface area contributed by atoms with Gasteiger partial charge in [-0.3, -0.25) is 0 Å². The van der Waals surface area contributed by atoms with E-state index in [0.29, 0.717) is 0 Å². The molecule has 0 bridgehead atoms. The van der Waals surface area contributed by atoms with Crippen LogP contribution in [0.2, 0.25) is 0 Å². The first kappa shape index (κ1) is 39.9. The third-order valence-corrected chi connectivity index (χ3v) is 12.5. The van der Waals surface area contributed by atoms with Gasteiger partial charge >= 0.3 is 0 Å². The van der Waals surface area contributed by atoms with Crippen molar-refractivity contribution in [3.8, 4) is 76.8 Å². The molecule has 0 aliphatic heterocycles. The summed E-state index contributed by atoms with van der Waals surface area (Å²) in [6.45, 7) is 0. The summed E-state index contributed by atoms with van der Waals surface area (Å²) in [7, 11) is 2.51. The summed E-state index contributed by atoms with van der Waals surface area (Å²) >= 11 is 0. The van der Waals surface area contributed by atoms with E-state index < -0.39 is 0 Å². The Bertz CT molecular complexity index is 2320. The van der Waals surface area contributed by atoms with Crippen LogP contribution in [0, 0.1) is 0 Å². The summed E-state index contributed by atoms with van der Waals surface area (Å²) in [6.07, 6.45) is 0. The van der Waals surface area contributed by atoms with Gasteiger partial charge in [-0.05, 0) is 79.9 Å². The van der Waals surface area contributed by atoms with E-state index in [2.05, 4.69) is 255 Å². The predicted octanol–water partition coefficient (Wildman–Crippen LogP) is 17.9. The zero-order valence-corrected chi connectivity index (χ0v) is 35.1. The van der Waals surface area contributed by atoms with Gasteiger partial charge in [-0.15, -0.1) is 0 Å². The normalized spacial score (nSPS) is 10.3. The molecule has 0 radical (unpaired) electrons. The highest BCUT2D eigenvalue weighted by Crippen LogP contribution is 2.42. The average molecular weight is 803 g/mol. The van der Waals surface area contributed by atoms with Crippen molar-refractivity contribution in [2.75, 3.05) is 0 Å². The van der Waals surface area contributed by atoms with E-state index in [-0.39, 0.29) is 0 Å². The molecule has 60 heavy (non-hydrogen) atoms. The van der Waals surface area contributed by atoms with Gasteiger partial charge in [0, 0.05) is 21.2 Å². The van der Waals surface area contributed by atoms with Crippen molar-refractivity contribution >= 4 is 16.4 Å². The fraction of sp³-hybridized carbons (Fsp3) is 0. The summed E-state index contributed by atoms with van der Waals surface area (Å²) < 4.78 is 0. The molecule has 0 saturated carbocycles. The molecule has 0 saturated heterocycles. The molecule has 0 atom stereocenters. The van der Waals surface area contributed by atoms with Crippen molar-refractivity contribution in [1.29, 1.82) is 0 Å². The Morgan fingerprint density at radius 3 is 0.483 bits per heavy atom. The van der Waals surface area contributed by atoms with Crippen molar-refractivity contribution in [1.82, 2.24) is 0 Å². The lowest BCUT2D eigenvalue weighted by Gasteiger charge is -2.10. The maximum absolute atomic E-state index is 2.32. The van der Waals surface area contributed by atoms with Gasteiger partial charge < -0.3 is 0 Å². The molecule has 10 rings (SSSR count). The monoisotopic (exact) mass is 802 g/mol. The van der Waals surface area contributed by atoms with Gasteiger partial charge in [0.1, 0.15) is 0 Å². The van der Waals surface area contributed by atoms with Gasteiger partial charge in [0.15, 0.2) is 0 Å². The van der Waals surface area contributed by atoms with E-state index in [1.165, 1.54) is 93.2 Å². The number of hydrogen-bond donors (Lipinski definition) is 0. The number of benzene rings is 8. The zero-order valence-electron chi connectivity index (χ0n) is 33.3. The second kappa shape index (κ2) is 20.7. The summed E-state index contributed by atoms with van der Waals surface area (Å²) in [5.41, 5.74) is 12.8. The van der Waals surface area contributed by atoms with Crippen molar-refractivity contribution in [2.45, 2.75) is 0 Å². The largest absolute Gasteiger partial charge is 0.0622 e. The molecule has 0 fully saturated rings. The molecule has 2 aromatic heterocycles. The van der Waals surface area contributed by atoms with Crippen LogP contribution in [0.15, 0.2) is 267 Å². The Labute approximate surface area is 358 Å². The van der Waals surface area contributed by atoms with Crippen LogP contribution in [0.4, 0.5) is 0 Å². The Kier molecular flexibility index (Phi) is 13.7. The van der Waals surface area contributed by atoms with E-state index >= 15 is 0 Å². The standard InChI is InChI=1S/2C23H17P.C12H10/c2*1-4-10-18(11-5-1)21-16-22(19-12-6-2-7-13-19)24-23(17-21)20-14-8-3-9-15-20;1-3-7-11(8-4-1)12-9-5-2-6-10-12/h2*1-17H;1-10H. The van der Waals surface area contributed by atoms with Gasteiger partial charge in [-0.25, -0.2) is 0 Å². The molecule has 0 aliphatic carbocycles. The summed E-state index contributed by atoms with van der Waals surface area (Å²) in [5, 5.41) is 5.37. The molecule has 0 spiro atoms. The fourth-order valence-corrected chi connectivity index (χ4v) is 9.39. The summed E-state index contributed by atoms with van der Waals surface area (Å²) in [5.74, 6) is 0. The molecular formula is C58H44P2. The van der Waals surface area contributed by atoms with E-state index in [1.54, 1.807) is 0 Å². The molecule has 0 nitrogen and oxygen atoms in total. The predicted molar refractivity (Wildman–Crippen MR) is 262 cm³/mol. The molecule has 0 unspecified atom stereocenters. The SMILES string of the molecule is c1ccc(-c2cc(-c3ccccc3)pc(-c3ccccc3)c2)cc1.c1ccc(-c2cc(-c3ccccc3)pc(-c3ccccc3)c2)cc1.c1ccc(-c2ccccc2)cc1. The Hall–Kier alpha value is -6.94. The smallest absolute Gasteiger partial charge is 0.0102 e. The van der Waals surface area contributed by atoms with Crippen LogP contribution in [0.5, 0.6) is 0 Å². The minimum Gasteiger partial charge on any atom is -0.0622 e. The second-order valence-corrected chi connectivity index (χ2v) is 16.6. The zero-order chi connectivity index (χ0) is 40.6. The molecule has 2 heteroatoms. The Balaban J connectivity index is 0.000000132.